The van der Waals surface area contributed by atoms with Crippen LogP contribution in [0.1, 0.15) is 0 Å². The highest BCUT2D eigenvalue weighted by Crippen LogP contribution is 2.20. The Morgan fingerprint density at radius 2 is 2.44 bits per heavy atom. The number of rotatable bonds is 1. The van der Waals surface area contributed by atoms with Crippen molar-refractivity contribution in [1.29, 1.82) is 0 Å². The topological polar surface area (TPSA) is 26.3 Å². The third kappa shape index (κ3) is 1.27. The zero-order valence-electron chi connectivity index (χ0n) is 4.49. The molecule has 0 aromatic carbocycles. The molecule has 0 atom stereocenters. The van der Waals surface area contributed by atoms with Crippen LogP contribution in [-0.2, 0) is 9.53 Å². The van der Waals surface area contributed by atoms with Crippen LogP contribution in [0.25, 0.3) is 0 Å². The van der Waals surface area contributed by atoms with Crippen LogP contribution in [0.3, 0.4) is 0 Å². The van der Waals surface area contributed by atoms with Crippen LogP contribution in [-0.4, -0.2) is 17.9 Å². The highest BCUT2D eigenvalue weighted by molar-refractivity contribution is 9.09. The molecule has 4 heteroatoms. The maximum atomic E-state index is 10.5. The van der Waals surface area contributed by atoms with E-state index in [1.165, 1.54) is 0 Å². The van der Waals surface area contributed by atoms with Gasteiger partial charge in [-0.1, -0.05) is 27.5 Å². The van der Waals surface area contributed by atoms with Crippen molar-refractivity contribution in [3.05, 3.63) is 10.6 Å². The molecule has 1 heterocycles. The third-order valence-corrected chi connectivity index (χ3v) is 2.13. The van der Waals surface area contributed by atoms with Crippen molar-refractivity contribution in [3.8, 4) is 0 Å². The highest BCUT2D eigenvalue weighted by Gasteiger charge is 2.21. The van der Waals surface area contributed by atoms with E-state index in [9.17, 15) is 4.79 Å². The minimum atomic E-state index is -0.411. The second-order valence-electron chi connectivity index (χ2n) is 1.63. The van der Waals surface area contributed by atoms with Gasteiger partial charge in [-0.05, 0) is 0 Å². The molecular weight excluding hydrogens is 207 g/mol. The predicted octanol–water partition coefficient (Wildman–Crippen LogP) is 1.43. The molecule has 0 radical (unpaired) electrons. The zero-order chi connectivity index (χ0) is 6.85. The van der Waals surface area contributed by atoms with Gasteiger partial charge in [0.15, 0.2) is 0 Å². The van der Waals surface area contributed by atoms with Gasteiger partial charge in [-0.2, -0.15) is 0 Å². The predicted molar refractivity (Wildman–Crippen MR) is 37.6 cm³/mol. The summed E-state index contributed by atoms with van der Waals surface area (Å²) in [5.74, 6) is -0.411. The summed E-state index contributed by atoms with van der Waals surface area (Å²) in [5.41, 5.74) is 0.821. The van der Waals surface area contributed by atoms with Gasteiger partial charge in [0.25, 0.3) is 0 Å². The summed E-state index contributed by atoms with van der Waals surface area (Å²) in [6, 6.07) is 0. The Balaban J connectivity index is 2.79. The first-order valence-electron chi connectivity index (χ1n) is 2.36. The molecule has 0 aromatic rings. The molecule has 1 rings (SSSR count). The number of carbonyl (C=O) groups is 1. The van der Waals surface area contributed by atoms with Gasteiger partial charge in [-0.3, -0.25) is 0 Å². The van der Waals surface area contributed by atoms with Gasteiger partial charge in [-0.15, -0.1) is 0 Å². The smallest absolute Gasteiger partial charge is 0.350 e. The van der Waals surface area contributed by atoms with E-state index in [1.54, 1.807) is 0 Å². The van der Waals surface area contributed by atoms with Gasteiger partial charge < -0.3 is 4.74 Å². The monoisotopic (exact) mass is 210 g/mol. The van der Waals surface area contributed by atoms with Crippen molar-refractivity contribution in [3.63, 3.8) is 0 Å². The molecule has 0 bridgehead atoms. The highest BCUT2D eigenvalue weighted by atomic mass is 79.9. The van der Waals surface area contributed by atoms with Crippen molar-refractivity contribution in [2.45, 2.75) is 0 Å². The van der Waals surface area contributed by atoms with Crippen LogP contribution < -0.4 is 0 Å². The van der Waals surface area contributed by atoms with Crippen molar-refractivity contribution in [2.24, 2.45) is 0 Å². The number of hydrogen-bond acceptors (Lipinski definition) is 2. The van der Waals surface area contributed by atoms with E-state index in [1.807, 2.05) is 0 Å². The van der Waals surface area contributed by atoms with Crippen LogP contribution >= 0.6 is 27.5 Å². The van der Waals surface area contributed by atoms with Gasteiger partial charge in [0.05, 0.1) is 0 Å². The lowest BCUT2D eigenvalue weighted by Gasteiger charge is -1.88. The van der Waals surface area contributed by atoms with Crippen molar-refractivity contribution in [2.75, 3.05) is 11.9 Å². The Bertz CT molecular complexity index is 176. The van der Waals surface area contributed by atoms with E-state index in [2.05, 4.69) is 20.7 Å². The summed E-state index contributed by atoms with van der Waals surface area (Å²) in [7, 11) is 0. The maximum absolute atomic E-state index is 10.5. The third-order valence-electron chi connectivity index (χ3n) is 1.03. The largest absolute Gasteiger partial charge is 0.457 e. The average molecular weight is 211 g/mol. The van der Waals surface area contributed by atoms with Gasteiger partial charge in [-0.25, -0.2) is 4.79 Å². The number of halogens is 2. The lowest BCUT2D eigenvalue weighted by atomic mass is 10.3. The Morgan fingerprint density at radius 3 is 2.67 bits per heavy atom. The minimum absolute atomic E-state index is 0.229. The lowest BCUT2D eigenvalue weighted by molar-refractivity contribution is -0.135. The first-order chi connectivity index (χ1) is 4.25. The first kappa shape index (κ1) is 7.09. The van der Waals surface area contributed by atoms with Crippen LogP contribution in [0.15, 0.2) is 10.6 Å². The molecular formula is C5H4BrClO2. The van der Waals surface area contributed by atoms with Gasteiger partial charge in [0.1, 0.15) is 11.6 Å². The second-order valence-corrected chi connectivity index (χ2v) is 2.57. The molecule has 1 aliphatic rings. The molecule has 0 saturated heterocycles. The fourth-order valence-corrected chi connectivity index (χ4v) is 1.30. The van der Waals surface area contributed by atoms with Crippen LogP contribution in [0.5, 0.6) is 0 Å². The molecule has 0 spiro atoms. The molecule has 0 saturated carbocycles. The summed E-state index contributed by atoms with van der Waals surface area (Å²) in [4.78, 5) is 10.5. The first-order valence-corrected chi connectivity index (χ1v) is 3.86. The molecule has 9 heavy (non-hydrogen) atoms. The molecule has 50 valence electrons. The molecule has 2 nitrogen and oxygen atoms in total. The van der Waals surface area contributed by atoms with E-state index in [0.29, 0.717) is 11.9 Å². The normalized spacial score (nSPS) is 18.7. The number of ether oxygens (including phenoxy) is 1. The Hall–Kier alpha value is -0.0200. The van der Waals surface area contributed by atoms with E-state index < -0.39 is 5.97 Å². The Morgan fingerprint density at radius 1 is 1.78 bits per heavy atom. The number of cyclic esters (lactones) is 1. The molecule has 0 aliphatic carbocycles. The van der Waals surface area contributed by atoms with Gasteiger partial charge in [0, 0.05) is 10.9 Å². The van der Waals surface area contributed by atoms with E-state index in [4.69, 9.17) is 11.6 Å². The van der Waals surface area contributed by atoms with Crippen molar-refractivity contribution >= 4 is 33.5 Å². The Kier molecular flexibility index (Phi) is 2.13. The number of hydrogen-bond donors (Lipinski definition) is 0. The molecule has 0 fully saturated rings. The van der Waals surface area contributed by atoms with Crippen LogP contribution in [0.4, 0.5) is 0 Å². The van der Waals surface area contributed by atoms with Gasteiger partial charge in [0.2, 0.25) is 0 Å². The lowest BCUT2D eigenvalue weighted by Crippen LogP contribution is -1.93. The molecule has 0 N–H and O–H groups in total. The number of esters is 1. The van der Waals surface area contributed by atoms with E-state index in [-0.39, 0.29) is 5.03 Å². The minimum Gasteiger partial charge on any atom is -0.457 e. The zero-order valence-corrected chi connectivity index (χ0v) is 6.83. The van der Waals surface area contributed by atoms with Crippen molar-refractivity contribution < 1.29 is 9.53 Å². The summed E-state index contributed by atoms with van der Waals surface area (Å²) in [6.07, 6.45) is 0. The van der Waals surface area contributed by atoms with Crippen LogP contribution in [0, 0.1) is 0 Å². The van der Waals surface area contributed by atoms with E-state index in [0.717, 1.165) is 5.57 Å². The number of carbonyl (C=O) groups excluding carboxylic acids is 1. The molecule has 0 aromatic heterocycles. The summed E-state index contributed by atoms with van der Waals surface area (Å²) in [5, 5.41) is 0.837. The number of alkyl halides is 1. The van der Waals surface area contributed by atoms with E-state index >= 15 is 0 Å². The standard InChI is InChI=1S/C5H4BrClO2/c6-1-3-2-9-5(8)4(3)7/h1-2H2. The fourth-order valence-electron chi connectivity index (χ4n) is 0.521. The Labute approximate surface area is 65.9 Å². The van der Waals surface area contributed by atoms with Crippen molar-refractivity contribution in [1.82, 2.24) is 0 Å². The summed E-state index contributed by atoms with van der Waals surface area (Å²) in [6.45, 7) is 0.336. The summed E-state index contributed by atoms with van der Waals surface area (Å²) < 4.78 is 4.59. The van der Waals surface area contributed by atoms with Crippen LogP contribution in [0.2, 0.25) is 0 Å². The second kappa shape index (κ2) is 2.71. The summed E-state index contributed by atoms with van der Waals surface area (Å²) >= 11 is 8.67. The van der Waals surface area contributed by atoms with Gasteiger partial charge >= 0.3 is 5.97 Å². The fraction of sp³-hybridized carbons (Fsp3) is 0.400. The molecule has 0 amide bonds. The average Bonchev–Trinajstić information content (AvgIpc) is 2.15. The molecule has 1 aliphatic heterocycles. The maximum Gasteiger partial charge on any atom is 0.350 e. The quantitative estimate of drug-likeness (QED) is 0.484. The SMILES string of the molecule is O=C1OCC(CBr)=C1Cl. The molecule has 0 unspecified atom stereocenters.